The van der Waals surface area contributed by atoms with Gasteiger partial charge in [0, 0.05) is 25.8 Å². The molecule has 0 aromatic rings. The van der Waals surface area contributed by atoms with Gasteiger partial charge in [0.05, 0.1) is 0 Å². The minimum absolute atomic E-state index is 0.346. The summed E-state index contributed by atoms with van der Waals surface area (Å²) < 4.78 is 0. The normalized spacial score (nSPS) is 17.8. The number of hydrogen-bond donors (Lipinski definition) is 0. The maximum absolute atomic E-state index is 4.19. The largest absolute Gasteiger partial charge is 0.377 e. The highest BCUT2D eigenvalue weighted by atomic mass is 15.2. The van der Waals surface area contributed by atoms with Crippen molar-refractivity contribution in [3.63, 3.8) is 0 Å². The van der Waals surface area contributed by atoms with Gasteiger partial charge >= 0.3 is 0 Å². The smallest absolute Gasteiger partial charge is 0.0299 e. The predicted octanol–water partition coefficient (Wildman–Crippen LogP) is 2.96. The zero-order chi connectivity index (χ0) is 12.2. The van der Waals surface area contributed by atoms with Crippen molar-refractivity contribution in [2.75, 3.05) is 33.2 Å². The molecule has 1 aliphatic heterocycles. The molecule has 0 aromatic carbocycles. The Hall–Kier alpha value is -0.500. The first-order valence-corrected chi connectivity index (χ1v) is 6.50. The van der Waals surface area contributed by atoms with Gasteiger partial charge in [0.2, 0.25) is 0 Å². The van der Waals surface area contributed by atoms with E-state index in [0.29, 0.717) is 5.41 Å². The molecule has 0 bridgehead atoms. The Labute approximate surface area is 101 Å². The molecule has 0 aromatic heterocycles. The minimum Gasteiger partial charge on any atom is -0.377 e. The van der Waals surface area contributed by atoms with Gasteiger partial charge in [0.15, 0.2) is 0 Å². The Kier molecular flexibility index (Phi) is 4.85. The van der Waals surface area contributed by atoms with Gasteiger partial charge in [-0.25, -0.2) is 0 Å². The van der Waals surface area contributed by atoms with Crippen LogP contribution in [0.15, 0.2) is 12.3 Å². The summed E-state index contributed by atoms with van der Waals surface area (Å²) in [7, 11) is 2.17. The molecule has 0 atom stereocenters. The van der Waals surface area contributed by atoms with Crippen LogP contribution in [0.5, 0.6) is 0 Å². The molecule has 2 nitrogen and oxygen atoms in total. The zero-order valence-electron chi connectivity index (χ0n) is 11.6. The Morgan fingerprint density at radius 2 is 1.81 bits per heavy atom. The van der Waals surface area contributed by atoms with Crippen LogP contribution in [0.2, 0.25) is 0 Å². The fourth-order valence-corrected chi connectivity index (χ4v) is 2.20. The second-order valence-corrected chi connectivity index (χ2v) is 6.27. The van der Waals surface area contributed by atoms with E-state index < -0.39 is 0 Å². The molecule has 1 heterocycles. The second-order valence-electron chi connectivity index (χ2n) is 6.27. The maximum Gasteiger partial charge on any atom is 0.0299 e. The van der Waals surface area contributed by atoms with Crippen molar-refractivity contribution in [3.8, 4) is 0 Å². The molecule has 1 fully saturated rings. The topological polar surface area (TPSA) is 6.48 Å². The minimum atomic E-state index is 0.346. The van der Waals surface area contributed by atoms with E-state index in [4.69, 9.17) is 0 Å². The third kappa shape index (κ3) is 5.02. The summed E-state index contributed by atoms with van der Waals surface area (Å²) in [5.74, 6) is 0. The number of rotatable bonds is 5. The quantitative estimate of drug-likeness (QED) is 0.708. The van der Waals surface area contributed by atoms with Crippen LogP contribution in [0, 0.1) is 5.41 Å². The molecule has 0 saturated carbocycles. The summed E-state index contributed by atoms with van der Waals surface area (Å²) >= 11 is 0. The Bertz CT molecular complexity index is 221. The summed E-state index contributed by atoms with van der Waals surface area (Å²) in [6.07, 6.45) is 3.85. The second kappa shape index (κ2) is 5.72. The summed E-state index contributed by atoms with van der Waals surface area (Å²) in [5, 5.41) is 0. The summed E-state index contributed by atoms with van der Waals surface area (Å²) in [5.41, 5.74) is 1.62. The van der Waals surface area contributed by atoms with E-state index in [1.165, 1.54) is 38.2 Å². The molecule has 94 valence electrons. The van der Waals surface area contributed by atoms with Gasteiger partial charge in [-0.3, -0.25) is 0 Å². The van der Waals surface area contributed by atoms with Crippen LogP contribution in [0.1, 0.15) is 40.0 Å². The molecule has 0 N–H and O–H groups in total. The lowest BCUT2D eigenvalue weighted by Gasteiger charge is -2.29. The van der Waals surface area contributed by atoms with E-state index >= 15 is 0 Å². The SMILES string of the molecule is C=C(CC(C)(C)C)N(C)CCN1CCCC1. The highest BCUT2D eigenvalue weighted by molar-refractivity contribution is 4.96. The van der Waals surface area contributed by atoms with E-state index in [9.17, 15) is 0 Å². The van der Waals surface area contributed by atoms with E-state index in [0.717, 1.165) is 13.0 Å². The average Bonchev–Trinajstić information content (AvgIpc) is 2.63. The van der Waals surface area contributed by atoms with Gasteiger partial charge in [-0.1, -0.05) is 27.4 Å². The third-order valence-electron chi connectivity index (χ3n) is 3.22. The predicted molar refractivity (Wildman–Crippen MR) is 71.5 cm³/mol. The van der Waals surface area contributed by atoms with Gasteiger partial charge in [-0.15, -0.1) is 0 Å². The van der Waals surface area contributed by atoms with Crippen LogP contribution < -0.4 is 0 Å². The van der Waals surface area contributed by atoms with Crippen LogP contribution >= 0.6 is 0 Å². The van der Waals surface area contributed by atoms with Crippen molar-refractivity contribution in [2.24, 2.45) is 5.41 Å². The van der Waals surface area contributed by atoms with Gasteiger partial charge in [-0.2, -0.15) is 0 Å². The molecule has 0 amide bonds. The summed E-state index contributed by atoms with van der Waals surface area (Å²) in [6.45, 7) is 15.9. The lowest BCUT2D eigenvalue weighted by atomic mass is 9.90. The van der Waals surface area contributed by atoms with E-state index in [2.05, 4.69) is 44.2 Å². The number of likely N-dealkylation sites (tertiary alicyclic amines) is 1. The third-order valence-corrected chi connectivity index (χ3v) is 3.22. The fraction of sp³-hybridized carbons (Fsp3) is 0.857. The first-order chi connectivity index (χ1) is 7.38. The monoisotopic (exact) mass is 224 g/mol. The van der Waals surface area contributed by atoms with Crippen LogP contribution in [0.4, 0.5) is 0 Å². The first kappa shape index (κ1) is 13.6. The molecular weight excluding hydrogens is 196 g/mol. The molecule has 0 aliphatic carbocycles. The Morgan fingerprint density at radius 1 is 1.25 bits per heavy atom. The molecule has 2 heteroatoms. The lowest BCUT2D eigenvalue weighted by molar-refractivity contribution is 0.269. The van der Waals surface area contributed by atoms with Crippen molar-refractivity contribution in [1.29, 1.82) is 0 Å². The molecule has 0 spiro atoms. The molecule has 1 saturated heterocycles. The average molecular weight is 224 g/mol. The number of allylic oxidation sites excluding steroid dienone is 1. The van der Waals surface area contributed by atoms with Gasteiger partial charge in [0.1, 0.15) is 0 Å². The maximum atomic E-state index is 4.19. The van der Waals surface area contributed by atoms with Gasteiger partial charge < -0.3 is 9.80 Å². The molecule has 1 rings (SSSR count). The van der Waals surface area contributed by atoms with E-state index in [1.54, 1.807) is 0 Å². The number of likely N-dealkylation sites (N-methyl/N-ethyl adjacent to an activating group) is 1. The highest BCUT2D eigenvalue weighted by Crippen LogP contribution is 2.24. The van der Waals surface area contributed by atoms with Crippen LogP contribution in [-0.4, -0.2) is 43.0 Å². The molecule has 16 heavy (non-hydrogen) atoms. The molecule has 0 radical (unpaired) electrons. The highest BCUT2D eigenvalue weighted by Gasteiger charge is 2.16. The number of nitrogens with zero attached hydrogens (tertiary/aromatic N) is 2. The standard InChI is InChI=1S/C14H28N2/c1-13(12-14(2,3)4)15(5)10-11-16-8-6-7-9-16/h1,6-12H2,2-5H3. The van der Waals surface area contributed by atoms with Crippen molar-refractivity contribution in [2.45, 2.75) is 40.0 Å². The zero-order valence-corrected chi connectivity index (χ0v) is 11.6. The fourth-order valence-electron chi connectivity index (χ4n) is 2.20. The first-order valence-electron chi connectivity index (χ1n) is 6.50. The molecule has 0 unspecified atom stereocenters. The summed E-state index contributed by atoms with van der Waals surface area (Å²) in [6, 6.07) is 0. The summed E-state index contributed by atoms with van der Waals surface area (Å²) in [4.78, 5) is 4.88. The van der Waals surface area contributed by atoms with Crippen LogP contribution in [0.25, 0.3) is 0 Å². The van der Waals surface area contributed by atoms with Gasteiger partial charge in [0.25, 0.3) is 0 Å². The van der Waals surface area contributed by atoms with Crippen molar-refractivity contribution < 1.29 is 0 Å². The van der Waals surface area contributed by atoms with E-state index in [1.807, 2.05) is 0 Å². The lowest BCUT2D eigenvalue weighted by Crippen LogP contribution is -2.31. The van der Waals surface area contributed by atoms with Gasteiger partial charge in [-0.05, 0) is 37.8 Å². The van der Waals surface area contributed by atoms with Crippen LogP contribution in [-0.2, 0) is 0 Å². The Morgan fingerprint density at radius 3 is 2.31 bits per heavy atom. The van der Waals surface area contributed by atoms with Crippen molar-refractivity contribution in [1.82, 2.24) is 9.80 Å². The molecular formula is C14H28N2. The van der Waals surface area contributed by atoms with E-state index in [-0.39, 0.29) is 0 Å². The number of hydrogen-bond acceptors (Lipinski definition) is 2. The Balaban J connectivity index is 2.23. The molecule has 1 aliphatic rings. The van der Waals surface area contributed by atoms with Crippen molar-refractivity contribution in [3.05, 3.63) is 12.3 Å². The van der Waals surface area contributed by atoms with Crippen molar-refractivity contribution >= 4 is 0 Å². The van der Waals surface area contributed by atoms with Crippen LogP contribution in [0.3, 0.4) is 0 Å².